The maximum atomic E-state index is 8.76. The minimum atomic E-state index is -0.0457. The average molecular weight is 316 g/mol. The van der Waals surface area contributed by atoms with Gasteiger partial charge in [-0.2, -0.15) is 0 Å². The molecular formula is C17H16O2S2. The Labute approximate surface area is 135 Å². The third kappa shape index (κ3) is 5.85. The Bertz CT molecular complexity index is 604. The second-order valence-corrected chi connectivity index (χ2v) is 4.75. The van der Waals surface area contributed by atoms with Crippen LogP contribution in [0.15, 0.2) is 61.2 Å². The van der Waals surface area contributed by atoms with E-state index >= 15 is 0 Å². The summed E-state index contributed by atoms with van der Waals surface area (Å²) in [5.41, 5.74) is 2.71. The highest BCUT2D eigenvalue weighted by Gasteiger charge is 1.97. The first-order valence-electron chi connectivity index (χ1n) is 6.17. The minimum Gasteiger partial charge on any atom is -0.499 e. The van der Waals surface area contributed by atoms with Crippen molar-refractivity contribution in [3.63, 3.8) is 0 Å². The van der Waals surface area contributed by atoms with Crippen molar-refractivity contribution in [3.8, 4) is 0 Å². The number of methoxy groups -OCH3 is 1. The van der Waals surface area contributed by atoms with Crippen LogP contribution in [0.2, 0.25) is 0 Å². The van der Waals surface area contributed by atoms with Gasteiger partial charge in [0.2, 0.25) is 0 Å². The lowest BCUT2D eigenvalue weighted by atomic mass is 10.1. The lowest BCUT2D eigenvalue weighted by Crippen LogP contribution is -1.98. The van der Waals surface area contributed by atoms with Gasteiger partial charge in [-0.15, -0.1) is 0 Å². The van der Waals surface area contributed by atoms with Gasteiger partial charge in [-0.25, -0.2) is 0 Å². The first-order chi connectivity index (χ1) is 10.1. The SMILES string of the molecule is C=Cc1ccc(C(=S)OC)cc1.OC(=S)c1ccccc1. The highest BCUT2D eigenvalue weighted by molar-refractivity contribution is 7.80. The number of hydrogen-bond acceptors (Lipinski definition) is 3. The minimum absolute atomic E-state index is 0.0457. The molecule has 2 aromatic carbocycles. The molecule has 0 aliphatic heterocycles. The molecule has 0 atom stereocenters. The van der Waals surface area contributed by atoms with E-state index in [1.807, 2.05) is 42.5 Å². The van der Waals surface area contributed by atoms with E-state index in [4.69, 9.17) is 22.1 Å². The van der Waals surface area contributed by atoms with E-state index in [1.54, 1.807) is 25.3 Å². The van der Waals surface area contributed by atoms with Crippen LogP contribution in [0.25, 0.3) is 6.08 Å². The monoisotopic (exact) mass is 316 g/mol. The molecule has 0 heterocycles. The second kappa shape index (κ2) is 9.00. The van der Waals surface area contributed by atoms with Gasteiger partial charge in [-0.1, -0.05) is 55.1 Å². The van der Waals surface area contributed by atoms with Crippen LogP contribution in [0.5, 0.6) is 0 Å². The first-order valence-corrected chi connectivity index (χ1v) is 6.99. The van der Waals surface area contributed by atoms with E-state index in [0.717, 1.165) is 11.1 Å². The zero-order chi connectivity index (χ0) is 15.7. The zero-order valence-corrected chi connectivity index (χ0v) is 13.3. The number of benzene rings is 2. The van der Waals surface area contributed by atoms with Gasteiger partial charge in [0.25, 0.3) is 0 Å². The molecule has 0 bridgehead atoms. The second-order valence-electron chi connectivity index (χ2n) is 3.99. The number of hydrogen-bond donors (Lipinski definition) is 1. The Morgan fingerprint density at radius 1 is 1.00 bits per heavy atom. The van der Waals surface area contributed by atoms with E-state index in [1.165, 1.54) is 0 Å². The summed E-state index contributed by atoms with van der Waals surface area (Å²) in [6, 6.07) is 16.8. The molecule has 2 rings (SSSR count). The molecule has 0 saturated carbocycles. The lowest BCUT2D eigenvalue weighted by molar-refractivity contribution is 0.416. The summed E-state index contributed by atoms with van der Waals surface area (Å²) in [7, 11) is 1.57. The summed E-state index contributed by atoms with van der Waals surface area (Å²) in [6.45, 7) is 3.66. The highest BCUT2D eigenvalue weighted by atomic mass is 32.1. The van der Waals surface area contributed by atoms with Crippen molar-refractivity contribution in [1.82, 2.24) is 0 Å². The van der Waals surface area contributed by atoms with Crippen molar-refractivity contribution in [2.24, 2.45) is 0 Å². The normalized spacial score (nSPS) is 9.00. The molecule has 0 fully saturated rings. The largest absolute Gasteiger partial charge is 0.499 e. The van der Waals surface area contributed by atoms with Crippen LogP contribution in [0, 0.1) is 0 Å². The van der Waals surface area contributed by atoms with Crippen molar-refractivity contribution in [1.29, 1.82) is 0 Å². The molecule has 2 aromatic rings. The van der Waals surface area contributed by atoms with Gasteiger partial charge in [-0.05, 0) is 42.1 Å². The van der Waals surface area contributed by atoms with Gasteiger partial charge in [0.1, 0.15) is 0 Å². The van der Waals surface area contributed by atoms with E-state index in [9.17, 15) is 0 Å². The fraction of sp³-hybridized carbons (Fsp3) is 0.0588. The van der Waals surface area contributed by atoms with Gasteiger partial charge in [0, 0.05) is 11.1 Å². The topological polar surface area (TPSA) is 29.5 Å². The Balaban J connectivity index is 0.000000219. The summed E-state index contributed by atoms with van der Waals surface area (Å²) in [5, 5.41) is 9.23. The maximum Gasteiger partial charge on any atom is 0.190 e. The van der Waals surface area contributed by atoms with Crippen molar-refractivity contribution in [3.05, 3.63) is 77.9 Å². The third-order valence-corrected chi connectivity index (χ3v) is 3.23. The molecule has 4 heteroatoms. The number of ether oxygens (including phenoxy) is 1. The molecule has 0 aliphatic rings. The van der Waals surface area contributed by atoms with Crippen LogP contribution >= 0.6 is 24.4 Å². The summed E-state index contributed by atoms with van der Waals surface area (Å²) in [4.78, 5) is 0. The molecule has 108 valence electrons. The van der Waals surface area contributed by atoms with Crippen molar-refractivity contribution >= 4 is 40.6 Å². The molecule has 2 nitrogen and oxygen atoms in total. The van der Waals surface area contributed by atoms with Crippen LogP contribution < -0.4 is 0 Å². The molecular weight excluding hydrogens is 300 g/mol. The molecule has 1 N–H and O–H groups in total. The van der Waals surface area contributed by atoms with Gasteiger partial charge in [0.05, 0.1) is 7.11 Å². The Morgan fingerprint density at radius 3 is 1.95 bits per heavy atom. The van der Waals surface area contributed by atoms with Crippen molar-refractivity contribution in [2.75, 3.05) is 7.11 Å². The fourth-order valence-corrected chi connectivity index (χ4v) is 1.73. The molecule has 0 spiro atoms. The summed E-state index contributed by atoms with van der Waals surface area (Å²) in [6.07, 6.45) is 1.79. The van der Waals surface area contributed by atoms with Crippen LogP contribution in [0.3, 0.4) is 0 Å². The zero-order valence-electron chi connectivity index (χ0n) is 11.7. The summed E-state index contributed by atoms with van der Waals surface area (Å²) < 4.78 is 4.92. The van der Waals surface area contributed by atoms with Crippen LogP contribution in [-0.2, 0) is 4.74 Å². The van der Waals surface area contributed by atoms with E-state index in [0.29, 0.717) is 10.6 Å². The summed E-state index contributed by atoms with van der Waals surface area (Å²) >= 11 is 9.47. The molecule has 0 saturated heterocycles. The third-order valence-electron chi connectivity index (χ3n) is 2.59. The van der Waals surface area contributed by atoms with E-state index in [2.05, 4.69) is 18.8 Å². The molecule has 0 aromatic heterocycles. The Hall–Kier alpha value is -2.04. The number of rotatable bonds is 3. The number of aliphatic hydroxyl groups excluding tert-OH is 1. The Morgan fingerprint density at radius 2 is 1.57 bits per heavy atom. The van der Waals surface area contributed by atoms with E-state index < -0.39 is 0 Å². The fourth-order valence-electron chi connectivity index (χ4n) is 1.45. The van der Waals surface area contributed by atoms with Gasteiger partial charge in [-0.3, -0.25) is 0 Å². The number of aliphatic hydroxyl groups is 1. The molecule has 0 aliphatic carbocycles. The van der Waals surface area contributed by atoms with Crippen LogP contribution in [0.1, 0.15) is 16.7 Å². The van der Waals surface area contributed by atoms with Crippen molar-refractivity contribution < 1.29 is 9.84 Å². The molecule has 0 amide bonds. The lowest BCUT2D eigenvalue weighted by Gasteiger charge is -2.01. The first kappa shape index (κ1) is 17.0. The molecule has 21 heavy (non-hydrogen) atoms. The summed E-state index contributed by atoms with van der Waals surface area (Å²) in [5.74, 6) is 0. The quantitative estimate of drug-likeness (QED) is 0.840. The predicted molar refractivity (Wildman–Crippen MR) is 96.0 cm³/mol. The Kier molecular flexibility index (Phi) is 7.29. The van der Waals surface area contributed by atoms with E-state index in [-0.39, 0.29) is 5.05 Å². The highest BCUT2D eigenvalue weighted by Crippen LogP contribution is 2.06. The number of thiocarbonyl (C=S) groups is 2. The van der Waals surface area contributed by atoms with Gasteiger partial charge in [0.15, 0.2) is 10.1 Å². The predicted octanol–water partition coefficient (Wildman–Crippen LogP) is 4.57. The van der Waals surface area contributed by atoms with Crippen molar-refractivity contribution in [2.45, 2.75) is 0 Å². The maximum absolute atomic E-state index is 8.76. The van der Waals surface area contributed by atoms with Gasteiger partial charge < -0.3 is 9.84 Å². The van der Waals surface area contributed by atoms with Crippen LogP contribution in [-0.4, -0.2) is 22.3 Å². The van der Waals surface area contributed by atoms with Crippen LogP contribution in [0.4, 0.5) is 0 Å². The molecule has 0 unspecified atom stereocenters. The standard InChI is InChI=1S/C10H10OS.C7H6OS/c1-3-8-4-6-9(7-5-8)10(12)11-2;8-7(9)6-4-2-1-3-5-6/h3-7H,1H2,2H3;1-5H,(H,8,9). The molecule has 0 radical (unpaired) electrons. The smallest absolute Gasteiger partial charge is 0.190 e. The van der Waals surface area contributed by atoms with Gasteiger partial charge >= 0.3 is 0 Å². The average Bonchev–Trinajstić information content (AvgIpc) is 2.55.